The molecule has 0 radical (unpaired) electrons. The van der Waals surface area contributed by atoms with Gasteiger partial charge in [-0.2, -0.15) is 0 Å². The van der Waals surface area contributed by atoms with Crippen molar-refractivity contribution in [1.82, 2.24) is 5.32 Å². The minimum Gasteiger partial charge on any atom is -0.367 e. The van der Waals surface area contributed by atoms with Crippen LogP contribution in [0.3, 0.4) is 0 Å². The first-order valence-corrected chi connectivity index (χ1v) is 8.71. The van der Waals surface area contributed by atoms with Crippen LogP contribution in [0.5, 0.6) is 0 Å². The van der Waals surface area contributed by atoms with Crippen LogP contribution in [0.4, 0.5) is 0 Å². The van der Waals surface area contributed by atoms with Crippen molar-refractivity contribution in [2.75, 3.05) is 0 Å². The molecule has 0 saturated heterocycles. The van der Waals surface area contributed by atoms with E-state index in [-0.39, 0.29) is 6.04 Å². The van der Waals surface area contributed by atoms with Gasteiger partial charge >= 0.3 is 0 Å². The van der Waals surface area contributed by atoms with E-state index in [0.717, 1.165) is 47.1 Å². The van der Waals surface area contributed by atoms with Gasteiger partial charge in [0.25, 0.3) is 0 Å². The Morgan fingerprint density at radius 3 is 2.59 bits per heavy atom. The fraction of sp³-hybridized carbons (Fsp3) is 0.500. The summed E-state index contributed by atoms with van der Waals surface area (Å²) in [6.45, 7) is 8.39. The van der Waals surface area contributed by atoms with E-state index in [2.05, 4.69) is 43.2 Å². The standard InChI is InChI=1S/C18H26Cl2N2/c1-5-8-15(19)12-21-18(7-3)22-17(6-2)14-9-10-16(20)13(4)11-14/h9-12,17H,5-8H2,1-4H3,(H,21,22)/b15-12+/t17-/m1/s1. The molecule has 1 N–H and O–H groups in total. The minimum atomic E-state index is 0.230. The number of allylic oxidation sites excluding steroid dienone is 1. The minimum absolute atomic E-state index is 0.230. The normalized spacial score (nSPS) is 14.1. The largest absolute Gasteiger partial charge is 0.367 e. The molecule has 0 aliphatic rings. The lowest BCUT2D eigenvalue weighted by Gasteiger charge is -2.20. The molecule has 1 aromatic carbocycles. The topological polar surface area (TPSA) is 24.4 Å². The molecule has 122 valence electrons. The highest BCUT2D eigenvalue weighted by Crippen LogP contribution is 2.23. The van der Waals surface area contributed by atoms with Gasteiger partial charge in [-0.05, 0) is 37.0 Å². The van der Waals surface area contributed by atoms with Crippen LogP contribution in [0.1, 0.15) is 63.6 Å². The highest BCUT2D eigenvalue weighted by molar-refractivity contribution is 6.31. The van der Waals surface area contributed by atoms with E-state index in [1.165, 1.54) is 5.56 Å². The fourth-order valence-corrected chi connectivity index (χ4v) is 2.54. The maximum Gasteiger partial charge on any atom is 0.102 e. The maximum absolute atomic E-state index is 6.12. The van der Waals surface area contributed by atoms with E-state index >= 15 is 0 Å². The summed E-state index contributed by atoms with van der Waals surface area (Å²) in [5, 5.41) is 5.12. The van der Waals surface area contributed by atoms with Gasteiger partial charge in [-0.15, -0.1) is 0 Å². The van der Waals surface area contributed by atoms with Crippen LogP contribution in [0.25, 0.3) is 0 Å². The second-order valence-electron chi connectivity index (χ2n) is 5.37. The van der Waals surface area contributed by atoms with Crippen LogP contribution in [0, 0.1) is 6.92 Å². The summed E-state index contributed by atoms with van der Waals surface area (Å²) in [6, 6.07) is 6.39. The number of halogens is 2. The van der Waals surface area contributed by atoms with Gasteiger partial charge in [-0.3, -0.25) is 0 Å². The quantitative estimate of drug-likeness (QED) is 0.452. The number of aryl methyl sites for hydroxylation is 1. The average Bonchev–Trinajstić information content (AvgIpc) is 2.51. The number of aliphatic imine (C=N–C) groups is 1. The summed E-state index contributed by atoms with van der Waals surface area (Å²) in [4.78, 5) is 4.50. The Labute approximate surface area is 144 Å². The SMILES string of the molecule is CCC/C(Cl)=C\N=C(/CC)N[C@H](CC)c1ccc(Cl)c(C)c1. The van der Waals surface area contributed by atoms with Gasteiger partial charge in [0.15, 0.2) is 0 Å². The van der Waals surface area contributed by atoms with E-state index in [9.17, 15) is 0 Å². The first-order chi connectivity index (χ1) is 10.5. The summed E-state index contributed by atoms with van der Waals surface area (Å²) in [7, 11) is 0. The Balaban J connectivity index is 2.88. The van der Waals surface area contributed by atoms with E-state index in [1.54, 1.807) is 6.20 Å². The number of hydrogen-bond donors (Lipinski definition) is 1. The van der Waals surface area contributed by atoms with E-state index in [0.29, 0.717) is 0 Å². The van der Waals surface area contributed by atoms with Gasteiger partial charge in [0, 0.05) is 22.7 Å². The Morgan fingerprint density at radius 2 is 2.05 bits per heavy atom. The smallest absolute Gasteiger partial charge is 0.102 e. The second kappa shape index (κ2) is 9.91. The molecule has 1 rings (SSSR count). The van der Waals surface area contributed by atoms with Crippen molar-refractivity contribution >= 4 is 29.0 Å². The lowest BCUT2D eigenvalue weighted by molar-refractivity contribution is 0.619. The number of hydrogen-bond acceptors (Lipinski definition) is 1. The van der Waals surface area contributed by atoms with Gasteiger partial charge in [0.05, 0.1) is 6.04 Å². The third-order valence-electron chi connectivity index (χ3n) is 3.52. The Kier molecular flexibility index (Phi) is 8.59. The molecule has 1 atom stereocenters. The average molecular weight is 341 g/mol. The fourth-order valence-electron chi connectivity index (χ4n) is 2.19. The molecular weight excluding hydrogens is 315 g/mol. The molecule has 0 bridgehead atoms. The number of nitrogens with one attached hydrogen (secondary N) is 1. The Bertz CT molecular complexity index is 536. The van der Waals surface area contributed by atoms with Crippen LogP contribution >= 0.6 is 23.2 Å². The number of benzene rings is 1. The zero-order valence-electron chi connectivity index (χ0n) is 13.9. The number of rotatable bonds is 7. The third-order valence-corrected chi connectivity index (χ3v) is 4.23. The van der Waals surface area contributed by atoms with Crippen molar-refractivity contribution in [3.8, 4) is 0 Å². The molecule has 0 aliphatic heterocycles. The molecule has 0 spiro atoms. The Hall–Kier alpha value is -0.990. The summed E-state index contributed by atoms with van der Waals surface area (Å²) in [6.07, 6.45) is 5.48. The van der Waals surface area contributed by atoms with Gasteiger partial charge in [-0.1, -0.05) is 62.5 Å². The highest BCUT2D eigenvalue weighted by atomic mass is 35.5. The first kappa shape index (κ1) is 19.1. The van der Waals surface area contributed by atoms with Crippen LogP contribution in [0.15, 0.2) is 34.4 Å². The number of amidine groups is 1. The molecule has 4 heteroatoms. The third kappa shape index (κ3) is 6.02. The maximum atomic E-state index is 6.12. The van der Waals surface area contributed by atoms with E-state index in [4.69, 9.17) is 23.2 Å². The van der Waals surface area contributed by atoms with Crippen molar-refractivity contribution in [3.05, 3.63) is 45.6 Å². The monoisotopic (exact) mass is 340 g/mol. The molecule has 0 amide bonds. The predicted octanol–water partition coefficient (Wildman–Crippen LogP) is 6.38. The molecule has 0 aromatic heterocycles. The van der Waals surface area contributed by atoms with Crippen molar-refractivity contribution < 1.29 is 0 Å². The van der Waals surface area contributed by atoms with Crippen molar-refractivity contribution in [2.45, 2.75) is 59.4 Å². The van der Waals surface area contributed by atoms with Gasteiger partial charge in [0.1, 0.15) is 5.84 Å². The van der Waals surface area contributed by atoms with Gasteiger partial charge in [0.2, 0.25) is 0 Å². The van der Waals surface area contributed by atoms with E-state index < -0.39 is 0 Å². The summed E-state index contributed by atoms with van der Waals surface area (Å²) < 4.78 is 0. The van der Waals surface area contributed by atoms with Crippen LogP contribution in [-0.2, 0) is 0 Å². The van der Waals surface area contributed by atoms with Crippen LogP contribution in [0.2, 0.25) is 5.02 Å². The second-order valence-corrected chi connectivity index (χ2v) is 6.26. The molecule has 0 saturated carbocycles. The molecule has 0 heterocycles. The van der Waals surface area contributed by atoms with Gasteiger partial charge in [-0.25, -0.2) is 4.99 Å². The van der Waals surface area contributed by atoms with Crippen LogP contribution in [-0.4, -0.2) is 5.84 Å². The van der Waals surface area contributed by atoms with Gasteiger partial charge < -0.3 is 5.32 Å². The summed E-state index contributed by atoms with van der Waals surface area (Å²) in [5.41, 5.74) is 2.33. The molecule has 0 unspecified atom stereocenters. The number of nitrogens with zero attached hydrogens (tertiary/aromatic N) is 1. The van der Waals surface area contributed by atoms with Crippen molar-refractivity contribution in [2.24, 2.45) is 4.99 Å². The Morgan fingerprint density at radius 1 is 1.32 bits per heavy atom. The molecule has 0 fully saturated rings. The van der Waals surface area contributed by atoms with E-state index in [1.807, 2.05) is 13.0 Å². The lowest BCUT2D eigenvalue weighted by Crippen LogP contribution is -2.27. The van der Waals surface area contributed by atoms with Crippen molar-refractivity contribution in [3.63, 3.8) is 0 Å². The lowest BCUT2D eigenvalue weighted by atomic mass is 10.0. The molecule has 0 aliphatic carbocycles. The summed E-state index contributed by atoms with van der Waals surface area (Å²) >= 11 is 12.2. The molecular formula is C18H26Cl2N2. The molecule has 22 heavy (non-hydrogen) atoms. The zero-order valence-corrected chi connectivity index (χ0v) is 15.4. The van der Waals surface area contributed by atoms with Crippen LogP contribution < -0.4 is 5.32 Å². The van der Waals surface area contributed by atoms with Crippen molar-refractivity contribution in [1.29, 1.82) is 0 Å². The molecule has 2 nitrogen and oxygen atoms in total. The first-order valence-electron chi connectivity index (χ1n) is 7.95. The highest BCUT2D eigenvalue weighted by Gasteiger charge is 2.11. The molecule has 1 aromatic rings. The zero-order chi connectivity index (χ0) is 16.5. The predicted molar refractivity (Wildman–Crippen MR) is 98.9 cm³/mol. The summed E-state index contributed by atoms with van der Waals surface area (Å²) in [5.74, 6) is 0.953.